The van der Waals surface area contributed by atoms with Crippen molar-refractivity contribution in [3.05, 3.63) is 23.0 Å². The zero-order chi connectivity index (χ0) is 9.84. The molecule has 0 unspecified atom stereocenters. The molecular weight excluding hydrogens is 170 g/mol. The van der Waals surface area contributed by atoms with Crippen molar-refractivity contribution in [1.82, 2.24) is 15.7 Å². The Morgan fingerprint density at radius 1 is 1.46 bits per heavy atom. The minimum atomic E-state index is -0.307. The number of rotatable bonds is 2. The van der Waals surface area contributed by atoms with Crippen molar-refractivity contribution >= 4 is 5.91 Å². The van der Waals surface area contributed by atoms with Crippen molar-refractivity contribution in [3.8, 4) is 0 Å². The van der Waals surface area contributed by atoms with Crippen LogP contribution in [-0.4, -0.2) is 23.2 Å². The Morgan fingerprint density at radius 3 is 2.77 bits per heavy atom. The lowest BCUT2D eigenvalue weighted by atomic mass is 10.2. The lowest BCUT2D eigenvalue weighted by molar-refractivity contribution is 0.0536. The second-order valence-electron chi connectivity index (χ2n) is 2.62. The first-order valence-electron chi connectivity index (χ1n) is 3.79. The van der Waals surface area contributed by atoms with Gasteiger partial charge in [-0.3, -0.25) is 9.63 Å². The molecule has 0 aliphatic heterocycles. The highest BCUT2D eigenvalue weighted by Gasteiger charge is 2.09. The molecule has 0 spiro atoms. The highest BCUT2D eigenvalue weighted by Crippen LogP contribution is 2.04. The number of carbonyl (C=O) groups excluding carboxylic acids is 1. The van der Waals surface area contributed by atoms with Gasteiger partial charge in [-0.2, -0.15) is 10.2 Å². The first-order valence-corrected chi connectivity index (χ1v) is 3.79. The number of hydroxylamine groups is 1. The van der Waals surface area contributed by atoms with Gasteiger partial charge in [-0.25, -0.2) is 5.48 Å². The molecule has 0 aliphatic carbocycles. The average molecular weight is 181 g/mol. The smallest absolute Gasteiger partial charge is 0.276 e. The summed E-state index contributed by atoms with van der Waals surface area (Å²) in [7, 11) is 1.38. The molecule has 70 valence electrons. The van der Waals surface area contributed by atoms with Gasteiger partial charge in [-0.1, -0.05) is 0 Å². The maximum Gasteiger partial charge on any atom is 0.276 e. The zero-order valence-corrected chi connectivity index (χ0v) is 7.79. The Bertz CT molecular complexity index is 325. The van der Waals surface area contributed by atoms with E-state index in [1.54, 1.807) is 19.9 Å². The molecule has 1 N–H and O–H groups in total. The van der Waals surface area contributed by atoms with Gasteiger partial charge in [0.25, 0.3) is 5.91 Å². The van der Waals surface area contributed by atoms with E-state index in [9.17, 15) is 4.79 Å². The van der Waals surface area contributed by atoms with Gasteiger partial charge in [-0.05, 0) is 19.9 Å². The molecule has 13 heavy (non-hydrogen) atoms. The molecule has 1 rings (SSSR count). The van der Waals surface area contributed by atoms with Crippen molar-refractivity contribution in [2.45, 2.75) is 13.8 Å². The van der Waals surface area contributed by atoms with Gasteiger partial charge < -0.3 is 0 Å². The predicted molar refractivity (Wildman–Crippen MR) is 46.0 cm³/mol. The van der Waals surface area contributed by atoms with E-state index < -0.39 is 0 Å². The molecule has 1 aromatic rings. The van der Waals surface area contributed by atoms with Crippen molar-refractivity contribution < 1.29 is 9.63 Å². The third-order valence-corrected chi connectivity index (χ3v) is 1.54. The molecule has 0 saturated heterocycles. The van der Waals surface area contributed by atoms with Crippen LogP contribution in [0.1, 0.15) is 21.7 Å². The van der Waals surface area contributed by atoms with Gasteiger partial charge in [0.1, 0.15) is 0 Å². The molecule has 0 atom stereocenters. The van der Waals surface area contributed by atoms with Crippen LogP contribution < -0.4 is 5.48 Å². The van der Waals surface area contributed by atoms with Crippen molar-refractivity contribution in [3.63, 3.8) is 0 Å². The van der Waals surface area contributed by atoms with E-state index >= 15 is 0 Å². The Hall–Kier alpha value is -1.49. The standard InChI is InChI=1S/C8H11N3O2/c1-5-4-7(6(2)10-9-5)8(12)11-13-3/h4H,1-3H3,(H,11,12). The Balaban J connectivity index is 2.99. The maximum absolute atomic E-state index is 11.3. The van der Waals surface area contributed by atoms with E-state index in [-0.39, 0.29) is 5.91 Å². The summed E-state index contributed by atoms with van der Waals surface area (Å²) < 4.78 is 0. The molecule has 1 amide bonds. The van der Waals surface area contributed by atoms with Gasteiger partial charge in [0.05, 0.1) is 24.1 Å². The summed E-state index contributed by atoms with van der Waals surface area (Å²) in [4.78, 5) is 15.8. The van der Waals surface area contributed by atoms with E-state index in [0.29, 0.717) is 17.0 Å². The first-order chi connectivity index (χ1) is 6.15. The third-order valence-electron chi connectivity index (χ3n) is 1.54. The van der Waals surface area contributed by atoms with Crippen LogP contribution >= 0.6 is 0 Å². The number of hydrogen-bond acceptors (Lipinski definition) is 4. The van der Waals surface area contributed by atoms with Gasteiger partial charge in [0.15, 0.2) is 0 Å². The number of carbonyl (C=O) groups is 1. The molecule has 0 saturated carbocycles. The number of nitrogens with one attached hydrogen (secondary N) is 1. The molecule has 1 aromatic heterocycles. The van der Waals surface area contributed by atoms with E-state index in [2.05, 4.69) is 20.5 Å². The number of amides is 1. The van der Waals surface area contributed by atoms with Crippen LogP contribution in [0.15, 0.2) is 6.07 Å². The van der Waals surface area contributed by atoms with Crippen LogP contribution in [0.2, 0.25) is 0 Å². The molecule has 0 fully saturated rings. The van der Waals surface area contributed by atoms with Crippen LogP contribution in [0.3, 0.4) is 0 Å². The summed E-state index contributed by atoms with van der Waals surface area (Å²) in [6.45, 7) is 3.49. The highest BCUT2D eigenvalue weighted by molar-refractivity contribution is 5.94. The second-order valence-corrected chi connectivity index (χ2v) is 2.62. The third kappa shape index (κ3) is 2.22. The number of aromatic nitrogens is 2. The number of hydrogen-bond donors (Lipinski definition) is 1. The zero-order valence-electron chi connectivity index (χ0n) is 7.79. The molecule has 5 heteroatoms. The van der Waals surface area contributed by atoms with Crippen molar-refractivity contribution in [2.24, 2.45) is 0 Å². The number of aryl methyl sites for hydroxylation is 2. The first kappa shape index (κ1) is 9.60. The van der Waals surface area contributed by atoms with Gasteiger partial charge in [0.2, 0.25) is 0 Å². The molecule has 0 bridgehead atoms. The Kier molecular flexibility index (Phi) is 2.92. The van der Waals surface area contributed by atoms with Gasteiger partial charge >= 0.3 is 0 Å². The van der Waals surface area contributed by atoms with Crippen LogP contribution in [0.25, 0.3) is 0 Å². The van der Waals surface area contributed by atoms with Crippen molar-refractivity contribution in [1.29, 1.82) is 0 Å². The number of nitrogens with zero attached hydrogens (tertiary/aromatic N) is 2. The van der Waals surface area contributed by atoms with Crippen LogP contribution in [0, 0.1) is 13.8 Å². The van der Waals surface area contributed by atoms with Crippen LogP contribution in [-0.2, 0) is 4.84 Å². The van der Waals surface area contributed by atoms with E-state index in [4.69, 9.17) is 0 Å². The molecule has 5 nitrogen and oxygen atoms in total. The van der Waals surface area contributed by atoms with E-state index in [1.807, 2.05) is 0 Å². The van der Waals surface area contributed by atoms with E-state index in [1.165, 1.54) is 7.11 Å². The summed E-state index contributed by atoms with van der Waals surface area (Å²) in [5, 5.41) is 7.63. The van der Waals surface area contributed by atoms with Gasteiger partial charge in [0, 0.05) is 0 Å². The van der Waals surface area contributed by atoms with E-state index in [0.717, 1.165) is 0 Å². The Labute approximate surface area is 76.1 Å². The minimum absolute atomic E-state index is 0.307. The molecular formula is C8H11N3O2. The van der Waals surface area contributed by atoms with Crippen LogP contribution in [0.4, 0.5) is 0 Å². The lowest BCUT2D eigenvalue weighted by Gasteiger charge is -2.04. The van der Waals surface area contributed by atoms with Crippen LogP contribution in [0.5, 0.6) is 0 Å². The summed E-state index contributed by atoms with van der Waals surface area (Å²) in [6, 6.07) is 1.66. The largest absolute Gasteiger partial charge is 0.277 e. The second kappa shape index (κ2) is 3.95. The fourth-order valence-corrected chi connectivity index (χ4v) is 0.927. The summed E-state index contributed by atoms with van der Waals surface area (Å²) in [5.74, 6) is -0.307. The molecule has 0 aliphatic rings. The highest BCUT2D eigenvalue weighted by atomic mass is 16.6. The predicted octanol–water partition coefficient (Wildman–Crippen LogP) is 0.385. The van der Waals surface area contributed by atoms with Crippen molar-refractivity contribution in [2.75, 3.05) is 7.11 Å². The summed E-state index contributed by atoms with van der Waals surface area (Å²) in [5.41, 5.74) is 3.99. The average Bonchev–Trinajstić information content (AvgIpc) is 2.09. The fourth-order valence-electron chi connectivity index (χ4n) is 0.927. The summed E-state index contributed by atoms with van der Waals surface area (Å²) >= 11 is 0. The minimum Gasteiger partial charge on any atom is -0.277 e. The topological polar surface area (TPSA) is 64.1 Å². The van der Waals surface area contributed by atoms with Gasteiger partial charge in [-0.15, -0.1) is 0 Å². The Morgan fingerprint density at radius 2 is 2.15 bits per heavy atom. The normalized spacial score (nSPS) is 9.77. The summed E-state index contributed by atoms with van der Waals surface area (Å²) in [6.07, 6.45) is 0. The SMILES string of the molecule is CONC(=O)c1cc(C)nnc1C. The maximum atomic E-state index is 11.3. The monoisotopic (exact) mass is 181 g/mol. The fraction of sp³-hybridized carbons (Fsp3) is 0.375. The quantitative estimate of drug-likeness (QED) is 0.670. The molecule has 0 aromatic carbocycles. The molecule has 0 radical (unpaired) electrons. The lowest BCUT2D eigenvalue weighted by Crippen LogP contribution is -2.23. The molecule has 1 heterocycles.